The number of rotatable bonds is 5. The summed E-state index contributed by atoms with van der Waals surface area (Å²) in [6, 6.07) is 16.4. The monoisotopic (exact) mass is 375 g/mol. The average Bonchev–Trinajstić information content (AvgIpc) is 3.38. The van der Waals surface area contributed by atoms with Crippen molar-refractivity contribution in [2.24, 2.45) is 0 Å². The fraction of sp³-hybridized carbons (Fsp3) is 0.273. The van der Waals surface area contributed by atoms with Crippen LogP contribution in [0.1, 0.15) is 34.7 Å². The average molecular weight is 375 g/mol. The van der Waals surface area contributed by atoms with Gasteiger partial charge in [0.2, 0.25) is 17.6 Å². The van der Waals surface area contributed by atoms with E-state index in [4.69, 9.17) is 4.52 Å². The van der Waals surface area contributed by atoms with E-state index in [2.05, 4.69) is 10.1 Å². The lowest BCUT2D eigenvalue weighted by Gasteiger charge is -2.23. The normalized spacial score (nSPS) is 16.3. The van der Waals surface area contributed by atoms with E-state index in [-0.39, 0.29) is 24.0 Å². The molecular formula is C22H21N3O3. The molecule has 0 aliphatic carbocycles. The topological polar surface area (TPSA) is 76.3 Å². The highest BCUT2D eigenvalue weighted by Crippen LogP contribution is 2.23. The van der Waals surface area contributed by atoms with Gasteiger partial charge in [0.25, 0.3) is 0 Å². The molecule has 1 aliphatic heterocycles. The summed E-state index contributed by atoms with van der Waals surface area (Å²) in [4.78, 5) is 31.6. The van der Waals surface area contributed by atoms with Crippen LogP contribution in [0.5, 0.6) is 0 Å². The van der Waals surface area contributed by atoms with Gasteiger partial charge in [0.15, 0.2) is 5.78 Å². The fourth-order valence-corrected chi connectivity index (χ4v) is 3.62. The van der Waals surface area contributed by atoms with E-state index in [1.807, 2.05) is 49.4 Å². The largest absolute Gasteiger partial charge is 0.338 e. The second kappa shape index (κ2) is 7.76. The summed E-state index contributed by atoms with van der Waals surface area (Å²) in [5.41, 5.74) is 2.55. The lowest BCUT2D eigenvalue weighted by molar-refractivity contribution is -0.131. The Morgan fingerprint density at radius 1 is 1.11 bits per heavy atom. The molecule has 0 N–H and O–H groups in total. The van der Waals surface area contributed by atoms with E-state index >= 15 is 0 Å². The predicted molar refractivity (Wildman–Crippen MR) is 104 cm³/mol. The third-order valence-electron chi connectivity index (χ3n) is 5.09. The Morgan fingerprint density at radius 3 is 2.64 bits per heavy atom. The van der Waals surface area contributed by atoms with Crippen LogP contribution in [0.2, 0.25) is 0 Å². The molecule has 1 saturated heterocycles. The smallest absolute Gasteiger partial charge is 0.236 e. The highest BCUT2D eigenvalue weighted by molar-refractivity contribution is 6.02. The van der Waals surface area contributed by atoms with Gasteiger partial charge >= 0.3 is 0 Å². The van der Waals surface area contributed by atoms with E-state index in [1.54, 1.807) is 17.0 Å². The van der Waals surface area contributed by atoms with Crippen LogP contribution >= 0.6 is 0 Å². The summed E-state index contributed by atoms with van der Waals surface area (Å²) >= 11 is 0. The molecule has 0 bridgehead atoms. The molecule has 2 aromatic carbocycles. The zero-order valence-corrected chi connectivity index (χ0v) is 15.7. The SMILES string of the molecule is Cc1ccccc1-c1noc(CC(=O)N2CCCC2C(=O)c2ccccc2)n1. The van der Waals surface area contributed by atoms with Crippen molar-refractivity contribution in [2.75, 3.05) is 6.54 Å². The van der Waals surface area contributed by atoms with Gasteiger partial charge in [-0.1, -0.05) is 59.8 Å². The maximum atomic E-state index is 12.8. The van der Waals surface area contributed by atoms with Crippen LogP contribution in [0, 0.1) is 6.92 Å². The third-order valence-corrected chi connectivity index (χ3v) is 5.09. The van der Waals surface area contributed by atoms with Crippen LogP contribution in [0.4, 0.5) is 0 Å². The molecule has 6 nitrogen and oxygen atoms in total. The first-order valence-corrected chi connectivity index (χ1v) is 9.41. The van der Waals surface area contributed by atoms with E-state index < -0.39 is 6.04 Å². The van der Waals surface area contributed by atoms with Gasteiger partial charge < -0.3 is 9.42 Å². The van der Waals surface area contributed by atoms with Crippen LogP contribution in [0.3, 0.4) is 0 Å². The lowest BCUT2D eigenvalue weighted by atomic mass is 10.0. The molecule has 4 rings (SSSR count). The summed E-state index contributed by atoms with van der Waals surface area (Å²) in [6.45, 7) is 2.54. The Balaban J connectivity index is 1.48. The maximum Gasteiger partial charge on any atom is 0.236 e. The highest BCUT2D eigenvalue weighted by atomic mass is 16.5. The molecule has 1 unspecified atom stereocenters. The molecule has 0 saturated carbocycles. The first kappa shape index (κ1) is 18.1. The number of carbonyl (C=O) groups is 2. The van der Waals surface area contributed by atoms with Crippen molar-refractivity contribution in [1.82, 2.24) is 15.0 Å². The number of carbonyl (C=O) groups excluding carboxylic acids is 2. The number of hydrogen-bond donors (Lipinski definition) is 0. The van der Waals surface area contributed by atoms with E-state index in [1.165, 1.54) is 0 Å². The van der Waals surface area contributed by atoms with E-state index in [0.717, 1.165) is 17.5 Å². The molecule has 1 aliphatic rings. The lowest BCUT2D eigenvalue weighted by Crippen LogP contribution is -2.41. The van der Waals surface area contributed by atoms with Crippen LogP contribution in [0.15, 0.2) is 59.1 Å². The molecular weight excluding hydrogens is 354 g/mol. The zero-order valence-electron chi connectivity index (χ0n) is 15.7. The van der Waals surface area contributed by atoms with Crippen molar-refractivity contribution in [3.63, 3.8) is 0 Å². The summed E-state index contributed by atoms with van der Waals surface area (Å²) in [7, 11) is 0. The molecule has 1 atom stereocenters. The molecule has 1 fully saturated rings. The molecule has 6 heteroatoms. The van der Waals surface area contributed by atoms with E-state index in [0.29, 0.717) is 24.4 Å². The number of amides is 1. The number of benzene rings is 2. The molecule has 1 aromatic heterocycles. The van der Waals surface area contributed by atoms with Crippen molar-refractivity contribution in [1.29, 1.82) is 0 Å². The number of nitrogens with zero attached hydrogens (tertiary/aromatic N) is 3. The molecule has 28 heavy (non-hydrogen) atoms. The Morgan fingerprint density at radius 2 is 1.86 bits per heavy atom. The van der Waals surface area contributed by atoms with Gasteiger partial charge in [0, 0.05) is 17.7 Å². The van der Waals surface area contributed by atoms with Crippen LogP contribution in [0.25, 0.3) is 11.4 Å². The molecule has 0 radical (unpaired) electrons. The van der Waals surface area contributed by atoms with Crippen LogP contribution < -0.4 is 0 Å². The second-order valence-electron chi connectivity index (χ2n) is 6.98. The maximum absolute atomic E-state index is 12.8. The number of ketones is 1. The van der Waals surface area contributed by atoms with Gasteiger partial charge in [-0.25, -0.2) is 0 Å². The third kappa shape index (κ3) is 3.58. The number of Topliss-reactive ketones (excluding diaryl/α,β-unsaturated/α-hetero) is 1. The second-order valence-corrected chi connectivity index (χ2v) is 6.98. The zero-order chi connectivity index (χ0) is 19.5. The van der Waals surface area contributed by atoms with E-state index in [9.17, 15) is 9.59 Å². The van der Waals surface area contributed by atoms with Gasteiger partial charge in [-0.05, 0) is 25.3 Å². The fourth-order valence-electron chi connectivity index (χ4n) is 3.62. The molecule has 1 amide bonds. The number of aromatic nitrogens is 2. The van der Waals surface area contributed by atoms with Gasteiger partial charge in [0.1, 0.15) is 6.42 Å². The molecule has 3 aromatic rings. The number of aryl methyl sites for hydroxylation is 1. The predicted octanol–water partition coefficient (Wildman–Crippen LogP) is 3.46. The number of hydrogen-bond acceptors (Lipinski definition) is 5. The molecule has 0 spiro atoms. The first-order chi connectivity index (χ1) is 13.6. The van der Waals surface area contributed by atoms with Crippen molar-refractivity contribution in [2.45, 2.75) is 32.2 Å². The minimum absolute atomic E-state index is 0.00253. The van der Waals surface area contributed by atoms with Crippen LogP contribution in [-0.4, -0.2) is 39.3 Å². The number of likely N-dealkylation sites (tertiary alicyclic amines) is 1. The Bertz CT molecular complexity index is 997. The van der Waals surface area contributed by atoms with Gasteiger partial charge in [-0.2, -0.15) is 4.98 Å². The minimum Gasteiger partial charge on any atom is -0.338 e. The Labute approximate surface area is 163 Å². The minimum atomic E-state index is -0.423. The standard InChI is InChI=1S/C22H21N3O3/c1-15-8-5-6-11-17(15)22-23-19(28-24-22)14-20(26)25-13-7-12-18(25)21(27)16-9-3-2-4-10-16/h2-6,8-11,18H,7,12-14H2,1H3. The van der Waals surface area contributed by atoms with Crippen LogP contribution in [-0.2, 0) is 11.2 Å². The summed E-state index contributed by atoms with van der Waals surface area (Å²) in [6.07, 6.45) is 1.49. The van der Waals surface area contributed by atoms with Crippen molar-refractivity contribution < 1.29 is 14.1 Å². The van der Waals surface area contributed by atoms with Gasteiger partial charge in [-0.3, -0.25) is 9.59 Å². The summed E-state index contributed by atoms with van der Waals surface area (Å²) in [5, 5.41) is 4.00. The molecule has 142 valence electrons. The quantitative estimate of drug-likeness (QED) is 0.638. The molecule has 2 heterocycles. The Kier molecular flexibility index (Phi) is 5.02. The summed E-state index contributed by atoms with van der Waals surface area (Å²) < 4.78 is 5.29. The van der Waals surface area contributed by atoms with Crippen molar-refractivity contribution >= 4 is 11.7 Å². The van der Waals surface area contributed by atoms with Crippen molar-refractivity contribution in [3.05, 3.63) is 71.6 Å². The Hall–Kier alpha value is -3.28. The van der Waals surface area contributed by atoms with Gasteiger partial charge in [0.05, 0.1) is 6.04 Å². The van der Waals surface area contributed by atoms with Gasteiger partial charge in [-0.15, -0.1) is 0 Å². The first-order valence-electron chi connectivity index (χ1n) is 9.41. The summed E-state index contributed by atoms with van der Waals surface area (Å²) in [5.74, 6) is 0.560. The van der Waals surface area contributed by atoms with Crippen molar-refractivity contribution in [3.8, 4) is 11.4 Å². The highest BCUT2D eigenvalue weighted by Gasteiger charge is 2.35.